The fourth-order valence-corrected chi connectivity index (χ4v) is 3.70. The molecule has 1 aromatic carbocycles. The van der Waals surface area contributed by atoms with E-state index in [4.69, 9.17) is 4.74 Å². The van der Waals surface area contributed by atoms with Crippen molar-refractivity contribution < 1.29 is 19.0 Å². The molecule has 0 aromatic heterocycles. The van der Waals surface area contributed by atoms with Gasteiger partial charge in [-0.25, -0.2) is 4.39 Å². The zero-order valence-electron chi connectivity index (χ0n) is 15.3. The predicted octanol–water partition coefficient (Wildman–Crippen LogP) is 2.75. The molecule has 1 aliphatic carbocycles. The summed E-state index contributed by atoms with van der Waals surface area (Å²) in [5, 5.41) is 12.4. The molecule has 1 heterocycles. The summed E-state index contributed by atoms with van der Waals surface area (Å²) >= 11 is 0. The van der Waals surface area contributed by atoms with E-state index in [2.05, 4.69) is 5.32 Å². The normalized spacial score (nSPS) is 19.5. The SMILES string of the molecule is O=C(COC1CCCCC1)NCc1ccc(N2CCC(O)CC2)c(F)c1. The van der Waals surface area contributed by atoms with Crippen molar-refractivity contribution in [2.45, 2.75) is 63.7 Å². The zero-order chi connectivity index (χ0) is 18.4. The van der Waals surface area contributed by atoms with Gasteiger partial charge >= 0.3 is 0 Å². The summed E-state index contributed by atoms with van der Waals surface area (Å²) in [6.45, 7) is 1.68. The third-order valence-electron chi connectivity index (χ3n) is 5.31. The van der Waals surface area contributed by atoms with Crippen LogP contribution >= 0.6 is 0 Å². The minimum atomic E-state index is -0.286. The molecule has 1 saturated heterocycles. The quantitative estimate of drug-likeness (QED) is 0.815. The highest BCUT2D eigenvalue weighted by Gasteiger charge is 2.20. The molecule has 0 spiro atoms. The second kappa shape index (κ2) is 9.33. The van der Waals surface area contributed by atoms with Gasteiger partial charge in [-0.15, -0.1) is 0 Å². The van der Waals surface area contributed by atoms with Crippen LogP contribution in [-0.4, -0.2) is 42.9 Å². The largest absolute Gasteiger partial charge is 0.393 e. The average Bonchev–Trinajstić information content (AvgIpc) is 2.66. The summed E-state index contributed by atoms with van der Waals surface area (Å²) in [6.07, 6.45) is 6.93. The predicted molar refractivity (Wildman–Crippen MR) is 98.5 cm³/mol. The Bertz CT molecular complexity index is 597. The Labute approximate surface area is 154 Å². The van der Waals surface area contributed by atoms with Gasteiger partial charge in [-0.05, 0) is 43.4 Å². The lowest BCUT2D eigenvalue weighted by atomic mass is 9.98. The van der Waals surface area contributed by atoms with Gasteiger partial charge in [0.2, 0.25) is 5.91 Å². The molecular formula is C20H29FN2O3. The minimum absolute atomic E-state index is 0.0708. The van der Waals surface area contributed by atoms with Crippen LogP contribution in [0, 0.1) is 5.82 Å². The molecule has 26 heavy (non-hydrogen) atoms. The standard InChI is InChI=1S/C20H29FN2O3/c21-18-12-15(6-7-19(18)23-10-8-16(24)9-11-23)13-22-20(25)14-26-17-4-2-1-3-5-17/h6-7,12,16-17,24H,1-5,8-11,13-14H2,(H,22,25). The van der Waals surface area contributed by atoms with Crippen molar-refractivity contribution in [1.82, 2.24) is 5.32 Å². The van der Waals surface area contributed by atoms with Crippen molar-refractivity contribution in [2.24, 2.45) is 0 Å². The number of ether oxygens (including phenoxy) is 1. The number of nitrogens with zero attached hydrogens (tertiary/aromatic N) is 1. The highest BCUT2D eigenvalue weighted by molar-refractivity contribution is 5.77. The molecule has 2 aliphatic rings. The Kier molecular flexibility index (Phi) is 6.86. The summed E-state index contributed by atoms with van der Waals surface area (Å²) in [4.78, 5) is 13.9. The van der Waals surface area contributed by atoms with E-state index in [0.29, 0.717) is 38.2 Å². The first-order valence-electron chi connectivity index (χ1n) is 9.71. The first-order chi connectivity index (χ1) is 12.6. The number of hydrogen-bond acceptors (Lipinski definition) is 4. The topological polar surface area (TPSA) is 61.8 Å². The number of nitrogens with one attached hydrogen (secondary N) is 1. The van der Waals surface area contributed by atoms with Gasteiger partial charge in [-0.2, -0.15) is 0 Å². The number of anilines is 1. The molecule has 5 nitrogen and oxygen atoms in total. The Hall–Kier alpha value is -1.66. The monoisotopic (exact) mass is 364 g/mol. The molecule has 1 saturated carbocycles. The molecule has 2 N–H and O–H groups in total. The maximum atomic E-state index is 14.4. The third-order valence-corrected chi connectivity index (χ3v) is 5.31. The number of aliphatic hydroxyl groups excluding tert-OH is 1. The van der Waals surface area contributed by atoms with E-state index in [-0.39, 0.29) is 30.5 Å². The lowest BCUT2D eigenvalue weighted by molar-refractivity contribution is -0.128. The van der Waals surface area contributed by atoms with E-state index >= 15 is 0 Å². The van der Waals surface area contributed by atoms with E-state index in [9.17, 15) is 14.3 Å². The molecule has 2 fully saturated rings. The zero-order valence-corrected chi connectivity index (χ0v) is 15.3. The molecule has 1 aliphatic heterocycles. The van der Waals surface area contributed by atoms with Crippen molar-refractivity contribution in [3.8, 4) is 0 Å². The third kappa shape index (κ3) is 5.42. The molecule has 1 aromatic rings. The lowest BCUT2D eigenvalue weighted by Gasteiger charge is -2.31. The van der Waals surface area contributed by atoms with Crippen LogP contribution in [-0.2, 0) is 16.1 Å². The molecule has 0 radical (unpaired) electrons. The number of carbonyl (C=O) groups excluding carboxylic acids is 1. The van der Waals surface area contributed by atoms with Gasteiger partial charge < -0.3 is 20.1 Å². The number of benzene rings is 1. The second-order valence-electron chi connectivity index (χ2n) is 7.35. The van der Waals surface area contributed by atoms with Crippen molar-refractivity contribution >= 4 is 11.6 Å². The summed E-state index contributed by atoms with van der Waals surface area (Å²) in [5.74, 6) is -0.448. The number of hydrogen-bond donors (Lipinski definition) is 2. The Morgan fingerprint density at radius 3 is 2.62 bits per heavy atom. The van der Waals surface area contributed by atoms with Crippen LogP contribution < -0.4 is 10.2 Å². The Morgan fingerprint density at radius 2 is 1.92 bits per heavy atom. The molecule has 0 unspecified atom stereocenters. The van der Waals surface area contributed by atoms with Crippen LogP contribution in [0.15, 0.2) is 18.2 Å². The lowest BCUT2D eigenvalue weighted by Crippen LogP contribution is -2.36. The van der Waals surface area contributed by atoms with E-state index in [0.717, 1.165) is 18.4 Å². The van der Waals surface area contributed by atoms with Crippen molar-refractivity contribution in [1.29, 1.82) is 0 Å². The summed E-state index contributed by atoms with van der Waals surface area (Å²) in [7, 11) is 0. The fourth-order valence-electron chi connectivity index (χ4n) is 3.70. The maximum absolute atomic E-state index is 14.4. The molecule has 0 atom stereocenters. The molecule has 1 amide bonds. The van der Waals surface area contributed by atoms with Crippen LogP contribution in [0.25, 0.3) is 0 Å². The highest BCUT2D eigenvalue weighted by atomic mass is 19.1. The number of aliphatic hydroxyl groups is 1. The van der Waals surface area contributed by atoms with Crippen LogP contribution in [0.3, 0.4) is 0 Å². The van der Waals surface area contributed by atoms with Crippen LogP contribution in [0.2, 0.25) is 0 Å². The summed E-state index contributed by atoms with van der Waals surface area (Å²) in [5.41, 5.74) is 1.29. The van der Waals surface area contributed by atoms with Crippen LogP contribution in [0.4, 0.5) is 10.1 Å². The van der Waals surface area contributed by atoms with Crippen LogP contribution in [0.5, 0.6) is 0 Å². The number of rotatable bonds is 6. The molecule has 144 valence electrons. The maximum Gasteiger partial charge on any atom is 0.246 e. The smallest absolute Gasteiger partial charge is 0.246 e. The van der Waals surface area contributed by atoms with Gasteiger partial charge in [0, 0.05) is 19.6 Å². The van der Waals surface area contributed by atoms with E-state index in [1.165, 1.54) is 25.3 Å². The van der Waals surface area contributed by atoms with E-state index < -0.39 is 0 Å². The van der Waals surface area contributed by atoms with Gasteiger partial charge in [0.05, 0.1) is 17.9 Å². The molecule has 3 rings (SSSR count). The first kappa shape index (κ1) is 19.1. The minimum Gasteiger partial charge on any atom is -0.393 e. The molecule has 0 bridgehead atoms. The van der Waals surface area contributed by atoms with Gasteiger partial charge in [0.25, 0.3) is 0 Å². The number of halogens is 1. The highest BCUT2D eigenvalue weighted by Crippen LogP contribution is 2.24. The second-order valence-corrected chi connectivity index (χ2v) is 7.35. The average molecular weight is 364 g/mol. The van der Waals surface area contributed by atoms with Crippen molar-refractivity contribution in [2.75, 3.05) is 24.6 Å². The molecule has 6 heteroatoms. The van der Waals surface area contributed by atoms with Gasteiger partial charge in [-0.1, -0.05) is 25.3 Å². The number of amides is 1. The van der Waals surface area contributed by atoms with Crippen LogP contribution in [0.1, 0.15) is 50.5 Å². The molecular weight excluding hydrogens is 335 g/mol. The number of carbonyl (C=O) groups is 1. The van der Waals surface area contributed by atoms with Gasteiger partial charge in [-0.3, -0.25) is 4.79 Å². The van der Waals surface area contributed by atoms with Crippen molar-refractivity contribution in [3.05, 3.63) is 29.6 Å². The summed E-state index contributed by atoms with van der Waals surface area (Å²) < 4.78 is 20.1. The fraction of sp³-hybridized carbons (Fsp3) is 0.650. The Morgan fingerprint density at radius 1 is 1.19 bits per heavy atom. The van der Waals surface area contributed by atoms with E-state index in [1.54, 1.807) is 6.07 Å². The van der Waals surface area contributed by atoms with Gasteiger partial charge in [0.1, 0.15) is 12.4 Å². The first-order valence-corrected chi connectivity index (χ1v) is 9.71. The Balaban J connectivity index is 1.44. The summed E-state index contributed by atoms with van der Waals surface area (Å²) in [6, 6.07) is 5.07. The van der Waals surface area contributed by atoms with Crippen molar-refractivity contribution in [3.63, 3.8) is 0 Å². The number of piperidine rings is 1. The van der Waals surface area contributed by atoms with E-state index in [1.807, 2.05) is 11.0 Å². The van der Waals surface area contributed by atoms with Gasteiger partial charge in [0.15, 0.2) is 0 Å².